The quantitative estimate of drug-likeness (QED) is 0.539. The van der Waals surface area contributed by atoms with Crippen molar-refractivity contribution >= 4 is 34.1 Å². The first-order chi connectivity index (χ1) is 10.8. The van der Waals surface area contributed by atoms with Crippen LogP contribution in [0.5, 0.6) is 0 Å². The first-order valence-electron chi connectivity index (χ1n) is 6.77. The van der Waals surface area contributed by atoms with Crippen molar-refractivity contribution in [2.24, 2.45) is 7.05 Å². The molecule has 1 heterocycles. The molecule has 3 rings (SSSR count). The van der Waals surface area contributed by atoms with Gasteiger partial charge in [0.2, 0.25) is 0 Å². The second-order valence-corrected chi connectivity index (χ2v) is 6.05. The van der Waals surface area contributed by atoms with E-state index < -0.39 is 11.7 Å². The van der Waals surface area contributed by atoms with E-state index in [9.17, 15) is 13.2 Å². The molecule has 0 aliphatic rings. The molecule has 0 aliphatic heterocycles. The molecule has 0 N–H and O–H groups in total. The van der Waals surface area contributed by atoms with Gasteiger partial charge in [0.1, 0.15) is 0 Å². The Morgan fingerprint density at radius 3 is 2.52 bits per heavy atom. The van der Waals surface area contributed by atoms with Gasteiger partial charge < -0.3 is 4.57 Å². The highest BCUT2D eigenvalue weighted by molar-refractivity contribution is 6.35. The molecule has 0 saturated carbocycles. The van der Waals surface area contributed by atoms with Gasteiger partial charge >= 0.3 is 6.18 Å². The number of alkyl halides is 3. The third-order valence-electron chi connectivity index (χ3n) is 3.82. The van der Waals surface area contributed by atoms with E-state index in [1.807, 2.05) is 4.57 Å². The van der Waals surface area contributed by atoms with E-state index >= 15 is 0 Å². The second kappa shape index (κ2) is 5.77. The minimum atomic E-state index is -4.36. The van der Waals surface area contributed by atoms with Gasteiger partial charge in [0.05, 0.1) is 10.6 Å². The van der Waals surface area contributed by atoms with Crippen LogP contribution >= 0.6 is 23.2 Å². The van der Waals surface area contributed by atoms with E-state index in [1.165, 1.54) is 6.07 Å². The summed E-state index contributed by atoms with van der Waals surface area (Å²) in [4.78, 5) is 0. The molecule has 0 saturated heterocycles. The molecule has 0 amide bonds. The number of benzene rings is 2. The summed E-state index contributed by atoms with van der Waals surface area (Å²) >= 11 is 12.3. The number of fused-ring (bicyclic) bond motifs is 1. The van der Waals surface area contributed by atoms with E-state index in [1.54, 1.807) is 25.2 Å². The van der Waals surface area contributed by atoms with E-state index in [0.717, 1.165) is 23.3 Å². The largest absolute Gasteiger partial charge is 0.416 e. The molecule has 23 heavy (non-hydrogen) atoms. The van der Waals surface area contributed by atoms with Crippen LogP contribution in [0.1, 0.15) is 16.8 Å². The van der Waals surface area contributed by atoms with E-state index in [4.69, 9.17) is 23.2 Å². The lowest BCUT2D eigenvalue weighted by atomic mass is 10.1. The SMILES string of the molecule is Cn1c(Cc2c(Cl)[c]ccc2Cl)cc2cc(C(F)(F)F)ccc21. The fraction of sp³-hybridized carbons (Fsp3) is 0.176. The molecule has 1 nitrogen and oxygen atoms in total. The number of aryl methyl sites for hydroxylation is 1. The number of aromatic nitrogens is 1. The zero-order valence-corrected chi connectivity index (χ0v) is 13.5. The molecule has 1 radical (unpaired) electrons. The first kappa shape index (κ1) is 16.2. The predicted octanol–water partition coefficient (Wildman–Crippen LogP) is 5.89. The molecule has 0 fully saturated rings. The molecular formula is C17H11Cl2F3N. The summed E-state index contributed by atoms with van der Waals surface area (Å²) in [6.45, 7) is 0. The van der Waals surface area contributed by atoms with E-state index in [0.29, 0.717) is 27.4 Å². The topological polar surface area (TPSA) is 4.93 Å². The minimum Gasteiger partial charge on any atom is -0.347 e. The smallest absolute Gasteiger partial charge is 0.347 e. The fourth-order valence-corrected chi connectivity index (χ4v) is 3.08. The molecule has 0 unspecified atom stereocenters. The average molecular weight is 357 g/mol. The van der Waals surface area contributed by atoms with Crippen molar-refractivity contribution in [1.82, 2.24) is 4.57 Å². The van der Waals surface area contributed by atoms with E-state index in [-0.39, 0.29) is 0 Å². The van der Waals surface area contributed by atoms with Gasteiger partial charge in [0.25, 0.3) is 0 Å². The average Bonchev–Trinajstić information content (AvgIpc) is 2.78. The summed E-state index contributed by atoms with van der Waals surface area (Å²) in [5.41, 5.74) is 1.59. The Morgan fingerprint density at radius 2 is 1.87 bits per heavy atom. The van der Waals surface area contributed by atoms with Gasteiger partial charge in [-0.15, -0.1) is 0 Å². The third-order valence-corrected chi connectivity index (χ3v) is 4.51. The van der Waals surface area contributed by atoms with Crippen molar-refractivity contribution < 1.29 is 13.2 Å². The van der Waals surface area contributed by atoms with Crippen molar-refractivity contribution in [3.05, 3.63) is 69.3 Å². The normalized spacial score (nSPS) is 12.1. The Hall–Kier alpha value is -1.65. The molecule has 0 bridgehead atoms. The standard InChI is InChI=1S/C17H11Cl2F3N/c1-23-12(9-13-14(18)3-2-4-15(13)19)8-10-7-11(17(20,21)22)5-6-16(10)23/h2-3,5-8H,9H2,1H3. The Bertz CT molecular complexity index is 861. The number of halogens is 5. The van der Waals surface area contributed by atoms with Crippen molar-refractivity contribution in [1.29, 1.82) is 0 Å². The van der Waals surface area contributed by atoms with E-state index in [2.05, 4.69) is 6.07 Å². The van der Waals surface area contributed by atoms with Crippen LogP contribution in [-0.2, 0) is 19.6 Å². The molecule has 6 heteroatoms. The molecule has 1 aromatic heterocycles. The highest BCUT2D eigenvalue weighted by atomic mass is 35.5. The van der Waals surface area contributed by atoms with Gasteiger partial charge in [-0.3, -0.25) is 0 Å². The number of nitrogens with zero attached hydrogens (tertiary/aromatic N) is 1. The number of hydrogen-bond acceptors (Lipinski definition) is 0. The van der Waals surface area contributed by atoms with Crippen LogP contribution < -0.4 is 0 Å². The summed E-state index contributed by atoms with van der Waals surface area (Å²) in [5.74, 6) is 0. The third kappa shape index (κ3) is 3.06. The van der Waals surface area contributed by atoms with Gasteiger partial charge in [0, 0.05) is 41.2 Å². The predicted molar refractivity (Wildman–Crippen MR) is 86.0 cm³/mol. The molecule has 0 spiro atoms. The van der Waals surface area contributed by atoms with Gasteiger partial charge in [-0.1, -0.05) is 29.3 Å². The van der Waals surface area contributed by atoms with Gasteiger partial charge in [-0.05, 0) is 35.9 Å². The maximum absolute atomic E-state index is 12.8. The molecule has 0 atom stereocenters. The zero-order valence-electron chi connectivity index (χ0n) is 12.0. The summed E-state index contributed by atoms with van der Waals surface area (Å²) < 4.78 is 40.3. The van der Waals surface area contributed by atoms with Crippen molar-refractivity contribution in [2.45, 2.75) is 12.6 Å². The van der Waals surface area contributed by atoms with Gasteiger partial charge in [-0.25, -0.2) is 0 Å². The Balaban J connectivity index is 2.07. The molecule has 119 valence electrons. The molecule has 0 aliphatic carbocycles. The highest BCUT2D eigenvalue weighted by Crippen LogP contribution is 2.33. The maximum atomic E-state index is 12.8. The monoisotopic (exact) mass is 356 g/mol. The summed E-state index contributed by atoms with van der Waals surface area (Å²) in [6.07, 6.45) is -3.94. The first-order valence-corrected chi connectivity index (χ1v) is 7.53. The second-order valence-electron chi connectivity index (χ2n) is 5.26. The molecule has 2 aromatic carbocycles. The van der Waals surface area contributed by atoms with Crippen LogP contribution in [0.3, 0.4) is 0 Å². The van der Waals surface area contributed by atoms with Gasteiger partial charge in [-0.2, -0.15) is 13.2 Å². The van der Waals surface area contributed by atoms with Crippen molar-refractivity contribution in [3.8, 4) is 0 Å². The Morgan fingerprint density at radius 1 is 1.13 bits per heavy atom. The summed E-state index contributed by atoms with van der Waals surface area (Å²) in [5, 5.41) is 1.46. The summed E-state index contributed by atoms with van der Waals surface area (Å²) in [6, 6.07) is 11.6. The number of rotatable bonds is 2. The highest BCUT2D eigenvalue weighted by Gasteiger charge is 2.30. The number of hydrogen-bond donors (Lipinski definition) is 0. The van der Waals surface area contributed by atoms with Crippen LogP contribution in [0, 0.1) is 6.07 Å². The van der Waals surface area contributed by atoms with Gasteiger partial charge in [0.15, 0.2) is 0 Å². The molecular weight excluding hydrogens is 346 g/mol. The molecule has 3 aromatic rings. The lowest BCUT2D eigenvalue weighted by Gasteiger charge is -2.08. The Labute approximate surface area is 141 Å². The van der Waals surface area contributed by atoms with Crippen LogP contribution in [0.15, 0.2) is 36.4 Å². The van der Waals surface area contributed by atoms with Crippen molar-refractivity contribution in [2.75, 3.05) is 0 Å². The summed E-state index contributed by atoms with van der Waals surface area (Å²) in [7, 11) is 1.80. The van der Waals surface area contributed by atoms with Crippen LogP contribution in [-0.4, -0.2) is 4.57 Å². The van der Waals surface area contributed by atoms with Crippen molar-refractivity contribution in [3.63, 3.8) is 0 Å². The minimum absolute atomic E-state index is 0.415. The zero-order chi connectivity index (χ0) is 16.8. The maximum Gasteiger partial charge on any atom is 0.416 e. The lowest BCUT2D eigenvalue weighted by molar-refractivity contribution is -0.137. The fourth-order valence-electron chi connectivity index (χ4n) is 2.58. The lowest BCUT2D eigenvalue weighted by Crippen LogP contribution is -2.04. The Kier molecular flexibility index (Phi) is 4.07. The van der Waals surface area contributed by atoms with Crippen LogP contribution in [0.4, 0.5) is 13.2 Å². The van der Waals surface area contributed by atoms with Crippen LogP contribution in [0.25, 0.3) is 10.9 Å². The van der Waals surface area contributed by atoms with Crippen LogP contribution in [0.2, 0.25) is 10.0 Å².